The molecule has 1 aliphatic rings. The fourth-order valence-electron chi connectivity index (χ4n) is 2.37. The number of thioether (sulfide) groups is 1. The van der Waals surface area contributed by atoms with Crippen LogP contribution >= 0.6 is 11.8 Å². The van der Waals surface area contributed by atoms with Crippen molar-refractivity contribution in [2.45, 2.75) is 24.7 Å². The molecule has 0 unspecified atom stereocenters. The van der Waals surface area contributed by atoms with Gasteiger partial charge in [0.2, 0.25) is 0 Å². The number of ether oxygens (including phenoxy) is 3. The highest BCUT2D eigenvalue weighted by Crippen LogP contribution is 2.33. The zero-order chi connectivity index (χ0) is 16.4. The summed E-state index contributed by atoms with van der Waals surface area (Å²) in [5.41, 5.74) is 0.842. The molecule has 2 aromatic rings. The van der Waals surface area contributed by atoms with Crippen LogP contribution in [0.25, 0.3) is 11.4 Å². The minimum atomic E-state index is -0.278. The monoisotopic (exact) mass is 335 g/mol. The Morgan fingerprint density at radius 3 is 2.78 bits per heavy atom. The van der Waals surface area contributed by atoms with Crippen molar-refractivity contribution in [2.75, 3.05) is 20.0 Å². The number of methoxy groups -OCH3 is 2. The number of fused-ring (bicyclic) bond motifs is 1. The third-order valence-corrected chi connectivity index (χ3v) is 4.49. The molecule has 1 aromatic heterocycles. The summed E-state index contributed by atoms with van der Waals surface area (Å²) in [6.45, 7) is 1.93. The molecule has 122 valence electrons. The van der Waals surface area contributed by atoms with Gasteiger partial charge in [-0.3, -0.25) is 4.79 Å². The normalized spacial score (nSPS) is 16.6. The highest BCUT2D eigenvalue weighted by molar-refractivity contribution is 7.99. The first-order chi connectivity index (χ1) is 11.1. The second-order valence-corrected chi connectivity index (χ2v) is 6.00. The van der Waals surface area contributed by atoms with Crippen LogP contribution in [0, 0.1) is 0 Å². The fraction of sp³-hybridized carbons (Fsp3) is 0.400. The highest BCUT2D eigenvalue weighted by Gasteiger charge is 2.24. The van der Waals surface area contributed by atoms with Crippen LogP contribution in [0.4, 0.5) is 0 Å². The van der Waals surface area contributed by atoms with Crippen LogP contribution in [-0.2, 0) is 16.1 Å². The number of hydrogen-bond donors (Lipinski definition) is 0. The maximum absolute atomic E-state index is 11.1. The predicted octanol–water partition coefficient (Wildman–Crippen LogP) is 2.00. The second kappa shape index (κ2) is 6.49. The summed E-state index contributed by atoms with van der Waals surface area (Å²) in [5.74, 6) is 2.30. The molecule has 0 fully saturated rings. The SMILES string of the molecule is COc1ccc(-c2nc3n(n2)C[C@@H](OC(C)=O)CS3)cc1OC. The molecule has 0 spiro atoms. The lowest BCUT2D eigenvalue weighted by atomic mass is 10.2. The predicted molar refractivity (Wildman–Crippen MR) is 84.8 cm³/mol. The standard InChI is InChI=1S/C15H17N3O4S/c1-9(19)22-11-7-18-15(23-8-11)16-14(17-18)10-4-5-12(20-2)13(6-10)21-3/h4-6,11H,7-8H2,1-3H3/t11-/m1/s1. The summed E-state index contributed by atoms with van der Waals surface area (Å²) in [4.78, 5) is 15.6. The van der Waals surface area contributed by atoms with E-state index in [2.05, 4.69) is 10.1 Å². The molecule has 0 radical (unpaired) electrons. The first-order valence-electron chi connectivity index (χ1n) is 7.08. The highest BCUT2D eigenvalue weighted by atomic mass is 32.2. The molecule has 8 heteroatoms. The smallest absolute Gasteiger partial charge is 0.302 e. The van der Waals surface area contributed by atoms with E-state index in [9.17, 15) is 4.79 Å². The van der Waals surface area contributed by atoms with E-state index in [0.717, 1.165) is 10.7 Å². The lowest BCUT2D eigenvalue weighted by Crippen LogP contribution is -2.29. The van der Waals surface area contributed by atoms with E-state index in [-0.39, 0.29) is 12.1 Å². The van der Waals surface area contributed by atoms with Crippen molar-refractivity contribution in [1.82, 2.24) is 14.8 Å². The van der Waals surface area contributed by atoms with Gasteiger partial charge in [-0.15, -0.1) is 5.10 Å². The summed E-state index contributed by atoms with van der Waals surface area (Å²) < 4.78 is 17.6. The van der Waals surface area contributed by atoms with E-state index in [1.54, 1.807) is 18.9 Å². The van der Waals surface area contributed by atoms with Crippen LogP contribution < -0.4 is 9.47 Å². The van der Waals surface area contributed by atoms with Crippen molar-refractivity contribution in [3.05, 3.63) is 18.2 Å². The van der Waals surface area contributed by atoms with Crippen LogP contribution in [0.3, 0.4) is 0 Å². The number of carbonyl (C=O) groups is 1. The van der Waals surface area contributed by atoms with Crippen LogP contribution in [0.5, 0.6) is 11.5 Å². The van der Waals surface area contributed by atoms with Gasteiger partial charge in [0.25, 0.3) is 0 Å². The van der Waals surface area contributed by atoms with Crippen LogP contribution in [0.15, 0.2) is 23.4 Å². The minimum Gasteiger partial charge on any atom is -0.493 e. The summed E-state index contributed by atoms with van der Waals surface area (Å²) in [6.07, 6.45) is -0.176. The largest absolute Gasteiger partial charge is 0.493 e. The van der Waals surface area contributed by atoms with Crippen molar-refractivity contribution in [1.29, 1.82) is 0 Å². The molecular formula is C15H17N3O4S. The van der Waals surface area contributed by atoms with E-state index >= 15 is 0 Å². The van der Waals surface area contributed by atoms with Gasteiger partial charge in [0.05, 0.1) is 20.8 Å². The topological polar surface area (TPSA) is 75.5 Å². The van der Waals surface area contributed by atoms with Gasteiger partial charge in [0.1, 0.15) is 6.10 Å². The molecule has 1 atom stereocenters. The average molecular weight is 335 g/mol. The van der Waals surface area contributed by atoms with Gasteiger partial charge in [-0.05, 0) is 18.2 Å². The second-order valence-electron chi connectivity index (χ2n) is 5.01. The molecule has 0 N–H and O–H groups in total. The van der Waals surface area contributed by atoms with Crippen molar-refractivity contribution < 1.29 is 19.0 Å². The number of benzene rings is 1. The molecule has 2 heterocycles. The molecule has 0 saturated carbocycles. The maximum atomic E-state index is 11.1. The molecule has 7 nitrogen and oxygen atoms in total. The number of esters is 1. The Labute approximate surface area is 137 Å². The molecule has 1 aromatic carbocycles. The average Bonchev–Trinajstić information content (AvgIpc) is 2.96. The molecule has 3 rings (SSSR count). The third-order valence-electron chi connectivity index (χ3n) is 3.39. The zero-order valence-corrected chi connectivity index (χ0v) is 13.9. The van der Waals surface area contributed by atoms with E-state index < -0.39 is 0 Å². The minimum absolute atomic E-state index is 0.176. The Hall–Kier alpha value is -2.22. The number of rotatable bonds is 4. The van der Waals surface area contributed by atoms with Gasteiger partial charge < -0.3 is 14.2 Å². The molecule has 0 bridgehead atoms. The van der Waals surface area contributed by atoms with Gasteiger partial charge in [-0.1, -0.05) is 11.8 Å². The number of carbonyl (C=O) groups excluding carboxylic acids is 1. The number of aromatic nitrogens is 3. The Balaban J connectivity index is 1.86. The summed E-state index contributed by atoms with van der Waals surface area (Å²) >= 11 is 1.53. The Morgan fingerprint density at radius 1 is 1.30 bits per heavy atom. The van der Waals surface area contributed by atoms with Gasteiger partial charge in [-0.25, -0.2) is 9.67 Å². The molecule has 0 amide bonds. The van der Waals surface area contributed by atoms with Crippen molar-refractivity contribution in [3.8, 4) is 22.9 Å². The summed E-state index contributed by atoms with van der Waals surface area (Å²) in [5, 5.41) is 5.32. The first kappa shape index (κ1) is 15.7. The van der Waals surface area contributed by atoms with Gasteiger partial charge in [0.15, 0.2) is 22.5 Å². The Kier molecular flexibility index (Phi) is 4.42. The van der Waals surface area contributed by atoms with Crippen molar-refractivity contribution in [2.24, 2.45) is 0 Å². The lowest BCUT2D eigenvalue weighted by Gasteiger charge is -2.21. The number of nitrogens with zero attached hydrogens (tertiary/aromatic N) is 3. The number of hydrogen-bond acceptors (Lipinski definition) is 7. The van der Waals surface area contributed by atoms with Crippen molar-refractivity contribution in [3.63, 3.8) is 0 Å². The Morgan fingerprint density at radius 2 is 2.09 bits per heavy atom. The van der Waals surface area contributed by atoms with Crippen LogP contribution in [0.1, 0.15) is 6.92 Å². The lowest BCUT2D eigenvalue weighted by molar-refractivity contribution is -0.146. The van der Waals surface area contributed by atoms with E-state index in [0.29, 0.717) is 29.6 Å². The summed E-state index contributed by atoms with van der Waals surface area (Å²) in [7, 11) is 3.18. The molecule has 0 saturated heterocycles. The summed E-state index contributed by atoms with van der Waals surface area (Å²) in [6, 6.07) is 5.55. The van der Waals surface area contributed by atoms with Gasteiger partial charge in [0, 0.05) is 18.2 Å². The molecular weight excluding hydrogens is 318 g/mol. The maximum Gasteiger partial charge on any atom is 0.302 e. The van der Waals surface area contributed by atoms with Crippen LogP contribution in [0.2, 0.25) is 0 Å². The zero-order valence-electron chi connectivity index (χ0n) is 13.1. The van der Waals surface area contributed by atoms with Gasteiger partial charge in [-0.2, -0.15) is 0 Å². The van der Waals surface area contributed by atoms with Crippen LogP contribution in [-0.4, -0.2) is 46.8 Å². The van der Waals surface area contributed by atoms with Gasteiger partial charge >= 0.3 is 5.97 Å². The fourth-order valence-corrected chi connectivity index (χ4v) is 3.29. The first-order valence-corrected chi connectivity index (χ1v) is 8.06. The Bertz CT molecular complexity index is 732. The van der Waals surface area contributed by atoms with Crippen molar-refractivity contribution >= 4 is 17.7 Å². The third kappa shape index (κ3) is 3.26. The molecule has 23 heavy (non-hydrogen) atoms. The van der Waals surface area contributed by atoms with E-state index in [1.807, 2.05) is 18.2 Å². The van der Waals surface area contributed by atoms with E-state index in [4.69, 9.17) is 14.2 Å². The molecule has 1 aliphatic heterocycles. The van der Waals surface area contributed by atoms with E-state index in [1.165, 1.54) is 18.7 Å². The quantitative estimate of drug-likeness (QED) is 0.791. The molecule has 0 aliphatic carbocycles.